The van der Waals surface area contributed by atoms with Gasteiger partial charge in [0.15, 0.2) is 5.78 Å². The normalized spacial score (nSPS) is 23.6. The highest BCUT2D eigenvalue weighted by molar-refractivity contribution is 6.09. The quantitative estimate of drug-likeness (QED) is 0.563. The minimum atomic E-state index is -0.423. The molecule has 2 N–H and O–H groups in total. The van der Waals surface area contributed by atoms with Crippen molar-refractivity contribution in [3.05, 3.63) is 12.2 Å². The van der Waals surface area contributed by atoms with Gasteiger partial charge in [-0.2, -0.15) is 0 Å². The number of hydrogen-bond acceptors (Lipinski definition) is 4. The number of Topliss-reactive ketones (excluding diaryl/α,β-unsaturated/α-hetero) is 1. The molecular weight excluding hydrogens is 192 g/mol. The van der Waals surface area contributed by atoms with Crippen LogP contribution in [0.15, 0.2) is 12.2 Å². The second-order valence-corrected chi connectivity index (χ2v) is 4.30. The van der Waals surface area contributed by atoms with Crippen LogP contribution in [-0.2, 0) is 9.59 Å². The molecule has 2 rings (SSSR count). The van der Waals surface area contributed by atoms with Gasteiger partial charge in [-0.25, -0.2) is 0 Å². The molecular formula is C11H18N2O2. The fraction of sp³-hybridized carbons (Fsp3) is 0.636. The van der Waals surface area contributed by atoms with E-state index in [-0.39, 0.29) is 18.0 Å². The second kappa shape index (κ2) is 5.19. The van der Waals surface area contributed by atoms with Crippen molar-refractivity contribution in [3.8, 4) is 0 Å². The molecule has 0 aromatic heterocycles. The molecule has 0 unspecified atom stereocenters. The monoisotopic (exact) mass is 210 g/mol. The highest BCUT2D eigenvalue weighted by Gasteiger charge is 2.28. The minimum Gasteiger partial charge on any atom is -0.303 e. The first-order chi connectivity index (χ1) is 7.02. The summed E-state index contributed by atoms with van der Waals surface area (Å²) in [5.41, 5.74) is -0.423. The summed E-state index contributed by atoms with van der Waals surface area (Å²) >= 11 is 0. The van der Waals surface area contributed by atoms with Crippen LogP contribution in [0.2, 0.25) is 0 Å². The van der Waals surface area contributed by atoms with Crippen LogP contribution in [0.3, 0.4) is 0 Å². The summed E-state index contributed by atoms with van der Waals surface area (Å²) in [4.78, 5) is 21.7. The van der Waals surface area contributed by atoms with Crippen LogP contribution in [0.25, 0.3) is 0 Å². The number of allylic oxidation sites excluding steroid dienone is 2. The molecule has 1 saturated heterocycles. The van der Waals surface area contributed by atoms with E-state index < -0.39 is 5.41 Å². The molecule has 84 valence electrons. The molecule has 0 bridgehead atoms. The molecule has 0 atom stereocenters. The molecule has 0 aromatic carbocycles. The van der Waals surface area contributed by atoms with Crippen molar-refractivity contribution < 1.29 is 9.59 Å². The third-order valence-corrected chi connectivity index (χ3v) is 2.47. The van der Waals surface area contributed by atoms with Gasteiger partial charge in [-0.15, -0.1) is 0 Å². The van der Waals surface area contributed by atoms with Gasteiger partial charge in [0.1, 0.15) is 5.78 Å². The third kappa shape index (κ3) is 3.93. The summed E-state index contributed by atoms with van der Waals surface area (Å²) < 4.78 is 0. The maximum Gasteiger partial charge on any atom is 0.162 e. The summed E-state index contributed by atoms with van der Waals surface area (Å²) in [6.45, 7) is 6.91. The van der Waals surface area contributed by atoms with Crippen LogP contribution in [0, 0.1) is 5.41 Å². The molecule has 15 heavy (non-hydrogen) atoms. The molecule has 1 aliphatic carbocycles. The Labute approximate surface area is 90.1 Å². The van der Waals surface area contributed by atoms with Crippen molar-refractivity contribution in [2.75, 3.05) is 19.8 Å². The van der Waals surface area contributed by atoms with Crippen molar-refractivity contribution in [1.29, 1.82) is 0 Å². The van der Waals surface area contributed by atoms with Crippen LogP contribution < -0.4 is 10.6 Å². The number of hydrogen-bond donors (Lipinski definition) is 2. The van der Waals surface area contributed by atoms with Gasteiger partial charge in [-0.3, -0.25) is 9.59 Å². The van der Waals surface area contributed by atoms with Gasteiger partial charge in [0.2, 0.25) is 0 Å². The van der Waals surface area contributed by atoms with Gasteiger partial charge in [0, 0.05) is 25.2 Å². The third-order valence-electron chi connectivity index (χ3n) is 2.47. The SMILES string of the molecule is C1CNCN1.CC1(C)C=CC(=O)CC1=O. The van der Waals surface area contributed by atoms with Crippen LogP contribution in [-0.4, -0.2) is 31.3 Å². The fourth-order valence-electron chi connectivity index (χ4n) is 1.28. The molecule has 4 heteroatoms. The molecule has 0 spiro atoms. The van der Waals surface area contributed by atoms with Crippen molar-refractivity contribution in [3.63, 3.8) is 0 Å². The number of rotatable bonds is 0. The average Bonchev–Trinajstić information content (AvgIpc) is 2.70. The largest absolute Gasteiger partial charge is 0.303 e. The molecule has 1 fully saturated rings. The standard InChI is InChI=1S/C8H10O2.C3H8N2/c1-8(2)4-3-6(9)5-7(8)10;1-2-5-3-4-1/h3-4H,5H2,1-2H3;4-5H,1-3H2. The van der Waals surface area contributed by atoms with Crippen LogP contribution in [0.1, 0.15) is 20.3 Å². The molecule has 4 nitrogen and oxygen atoms in total. The summed E-state index contributed by atoms with van der Waals surface area (Å²) in [6, 6.07) is 0. The molecule has 0 saturated carbocycles. The Bertz CT molecular complexity index is 271. The maximum atomic E-state index is 11.1. The van der Waals surface area contributed by atoms with E-state index in [9.17, 15) is 9.59 Å². The molecule has 0 aromatic rings. The number of carbonyl (C=O) groups excluding carboxylic acids is 2. The van der Waals surface area contributed by atoms with E-state index in [1.165, 1.54) is 6.08 Å². The van der Waals surface area contributed by atoms with Crippen molar-refractivity contribution in [2.24, 2.45) is 5.41 Å². The van der Waals surface area contributed by atoms with E-state index in [4.69, 9.17) is 0 Å². The summed E-state index contributed by atoms with van der Waals surface area (Å²) in [5.74, 6) is -0.0654. The highest BCUT2D eigenvalue weighted by Crippen LogP contribution is 2.23. The Kier molecular flexibility index (Phi) is 4.17. The van der Waals surface area contributed by atoms with E-state index in [2.05, 4.69) is 10.6 Å². The fourth-order valence-corrected chi connectivity index (χ4v) is 1.28. The van der Waals surface area contributed by atoms with Gasteiger partial charge in [-0.05, 0) is 19.9 Å². The van der Waals surface area contributed by atoms with Crippen molar-refractivity contribution >= 4 is 11.6 Å². The lowest BCUT2D eigenvalue weighted by molar-refractivity contribution is -0.130. The zero-order chi connectivity index (χ0) is 11.3. The van der Waals surface area contributed by atoms with E-state index in [1.54, 1.807) is 6.08 Å². The van der Waals surface area contributed by atoms with Crippen molar-refractivity contribution in [1.82, 2.24) is 10.6 Å². The lowest BCUT2D eigenvalue weighted by atomic mass is 9.81. The predicted molar refractivity (Wildman–Crippen MR) is 58.4 cm³/mol. The van der Waals surface area contributed by atoms with E-state index in [1.807, 2.05) is 13.8 Å². The lowest BCUT2D eigenvalue weighted by Gasteiger charge is -2.20. The number of nitrogens with one attached hydrogen (secondary N) is 2. The van der Waals surface area contributed by atoms with Gasteiger partial charge in [0.25, 0.3) is 0 Å². The second-order valence-electron chi connectivity index (χ2n) is 4.30. The Balaban J connectivity index is 0.000000187. The average molecular weight is 210 g/mol. The molecule has 1 aliphatic heterocycles. The van der Waals surface area contributed by atoms with Gasteiger partial charge < -0.3 is 10.6 Å². The first-order valence-corrected chi connectivity index (χ1v) is 5.19. The summed E-state index contributed by atoms with van der Waals surface area (Å²) in [6.07, 6.45) is 3.23. The topological polar surface area (TPSA) is 58.2 Å². The number of ketones is 2. The predicted octanol–water partition coefficient (Wildman–Crippen LogP) is 0.247. The van der Waals surface area contributed by atoms with Crippen molar-refractivity contribution in [2.45, 2.75) is 20.3 Å². The van der Waals surface area contributed by atoms with Gasteiger partial charge in [-0.1, -0.05) is 6.08 Å². The minimum absolute atomic E-state index is 0.0139. The first-order valence-electron chi connectivity index (χ1n) is 5.19. The van der Waals surface area contributed by atoms with Crippen LogP contribution in [0.4, 0.5) is 0 Å². The van der Waals surface area contributed by atoms with Crippen LogP contribution >= 0.6 is 0 Å². The zero-order valence-electron chi connectivity index (χ0n) is 9.30. The van der Waals surface area contributed by atoms with E-state index in [0.29, 0.717) is 0 Å². The van der Waals surface area contributed by atoms with E-state index >= 15 is 0 Å². The molecule has 0 amide bonds. The van der Waals surface area contributed by atoms with Crippen LogP contribution in [0.5, 0.6) is 0 Å². The van der Waals surface area contributed by atoms with Gasteiger partial charge >= 0.3 is 0 Å². The highest BCUT2D eigenvalue weighted by atomic mass is 16.1. The smallest absolute Gasteiger partial charge is 0.162 e. The Morgan fingerprint density at radius 3 is 2.13 bits per heavy atom. The Hall–Kier alpha value is -1.00. The zero-order valence-corrected chi connectivity index (χ0v) is 9.30. The Morgan fingerprint density at radius 2 is 1.80 bits per heavy atom. The molecule has 1 heterocycles. The first kappa shape index (κ1) is 12.1. The lowest BCUT2D eigenvalue weighted by Crippen LogP contribution is -2.27. The van der Waals surface area contributed by atoms with E-state index in [0.717, 1.165) is 19.8 Å². The molecule has 2 aliphatic rings. The Morgan fingerprint density at radius 1 is 1.20 bits per heavy atom. The molecule has 0 radical (unpaired) electrons. The van der Waals surface area contributed by atoms with Gasteiger partial charge in [0.05, 0.1) is 6.42 Å². The summed E-state index contributed by atoms with van der Waals surface area (Å²) in [7, 11) is 0. The number of carbonyl (C=O) groups is 2. The maximum absolute atomic E-state index is 11.1. The summed E-state index contributed by atoms with van der Waals surface area (Å²) in [5, 5.41) is 6.22.